The first kappa shape index (κ1) is 22.1. The third kappa shape index (κ3) is 5.95. The Bertz CT molecular complexity index is 1020. The van der Waals surface area contributed by atoms with Gasteiger partial charge in [0.2, 0.25) is 0 Å². The van der Waals surface area contributed by atoms with Gasteiger partial charge in [-0.2, -0.15) is 0 Å². The van der Waals surface area contributed by atoms with Crippen LogP contribution in [0.3, 0.4) is 0 Å². The van der Waals surface area contributed by atoms with Crippen LogP contribution in [0.4, 0.5) is 0 Å². The van der Waals surface area contributed by atoms with Gasteiger partial charge in [-0.25, -0.2) is 0 Å². The predicted octanol–water partition coefficient (Wildman–Crippen LogP) is 4.74. The Morgan fingerprint density at radius 3 is 1.77 bits per heavy atom. The Balaban J connectivity index is 1.81. The molecule has 3 aromatic carbocycles. The van der Waals surface area contributed by atoms with E-state index in [9.17, 15) is 9.59 Å². The molecule has 0 heterocycles. The third-order valence-corrected chi connectivity index (χ3v) is 4.76. The molecule has 5 nitrogen and oxygen atoms in total. The maximum atomic E-state index is 13.0. The minimum atomic E-state index is -0.325. The van der Waals surface area contributed by atoms with Gasteiger partial charge in [0.25, 0.3) is 11.8 Å². The molecule has 0 spiro atoms. The van der Waals surface area contributed by atoms with E-state index in [4.69, 9.17) is 4.74 Å². The predicted molar refractivity (Wildman–Crippen MR) is 122 cm³/mol. The van der Waals surface area contributed by atoms with Gasteiger partial charge in [-0.15, -0.1) is 0 Å². The second kappa shape index (κ2) is 9.47. The molecule has 31 heavy (non-hydrogen) atoms. The van der Waals surface area contributed by atoms with Gasteiger partial charge >= 0.3 is 0 Å². The molecule has 0 saturated heterocycles. The normalized spacial score (nSPS) is 12.0. The van der Waals surface area contributed by atoms with Crippen molar-refractivity contribution in [1.29, 1.82) is 0 Å². The highest BCUT2D eigenvalue weighted by Gasteiger charge is 2.19. The fourth-order valence-electron chi connectivity index (χ4n) is 3.20. The molecule has 2 N–H and O–H groups in total. The summed E-state index contributed by atoms with van der Waals surface area (Å²) in [7, 11) is 1.62. The van der Waals surface area contributed by atoms with E-state index in [-0.39, 0.29) is 23.4 Å². The number of hydrogen-bond acceptors (Lipinski definition) is 3. The van der Waals surface area contributed by atoms with Gasteiger partial charge in [0.15, 0.2) is 0 Å². The minimum absolute atomic E-state index is 0.167. The molecule has 0 bridgehead atoms. The average molecular weight is 417 g/mol. The molecule has 0 aliphatic carbocycles. The lowest BCUT2D eigenvalue weighted by atomic mass is 9.98. The zero-order valence-electron chi connectivity index (χ0n) is 18.3. The Kier molecular flexibility index (Phi) is 6.75. The first-order valence-corrected chi connectivity index (χ1v) is 10.2. The second-order valence-corrected chi connectivity index (χ2v) is 8.37. The van der Waals surface area contributed by atoms with E-state index in [1.54, 1.807) is 31.4 Å². The van der Waals surface area contributed by atoms with E-state index in [2.05, 4.69) is 10.6 Å². The van der Waals surface area contributed by atoms with Gasteiger partial charge in [0, 0.05) is 16.7 Å². The van der Waals surface area contributed by atoms with Crippen molar-refractivity contribution >= 4 is 11.8 Å². The second-order valence-electron chi connectivity index (χ2n) is 8.37. The highest BCUT2D eigenvalue weighted by molar-refractivity contribution is 5.98. The zero-order chi connectivity index (χ0) is 22.4. The van der Waals surface area contributed by atoms with Crippen molar-refractivity contribution in [3.05, 3.63) is 101 Å². The summed E-state index contributed by atoms with van der Waals surface area (Å²) in [6.07, 6.45) is 0. The summed E-state index contributed by atoms with van der Waals surface area (Å²) in [6, 6.07) is 23.8. The number of benzene rings is 3. The maximum Gasteiger partial charge on any atom is 0.252 e. The molecule has 0 radical (unpaired) electrons. The van der Waals surface area contributed by atoms with Crippen LogP contribution in [-0.2, 0) is 0 Å². The number of nitrogens with one attached hydrogen (secondary N) is 2. The largest absolute Gasteiger partial charge is 0.497 e. The standard InChI is InChI=1S/C26H28N2O3/c1-26(2,3)28-25(30)21-12-10-20(11-13-21)24(29)27-23(18-8-6-5-7-9-18)19-14-16-22(31-4)17-15-19/h5-17,23H,1-4H3,(H,27,29)(H,28,30). The molecule has 3 aromatic rings. The third-order valence-electron chi connectivity index (χ3n) is 4.76. The summed E-state index contributed by atoms with van der Waals surface area (Å²) in [5, 5.41) is 6.03. The quantitative estimate of drug-likeness (QED) is 0.610. The molecule has 0 aliphatic rings. The number of ether oxygens (including phenoxy) is 1. The average Bonchev–Trinajstić information content (AvgIpc) is 2.77. The topological polar surface area (TPSA) is 67.4 Å². The molecule has 160 valence electrons. The summed E-state index contributed by atoms with van der Waals surface area (Å²) in [4.78, 5) is 25.3. The lowest BCUT2D eigenvalue weighted by molar-refractivity contribution is 0.0914. The molecule has 3 rings (SSSR count). The highest BCUT2D eigenvalue weighted by Crippen LogP contribution is 2.24. The van der Waals surface area contributed by atoms with Crippen LogP contribution in [0, 0.1) is 0 Å². The van der Waals surface area contributed by atoms with Crippen LogP contribution in [0.25, 0.3) is 0 Å². The molecule has 1 unspecified atom stereocenters. The summed E-state index contributed by atoms with van der Waals surface area (Å²) in [5.41, 5.74) is 2.60. The van der Waals surface area contributed by atoms with Gasteiger partial charge in [-0.1, -0.05) is 42.5 Å². The minimum Gasteiger partial charge on any atom is -0.497 e. The maximum absolute atomic E-state index is 13.0. The molecule has 0 saturated carbocycles. The number of carbonyl (C=O) groups excluding carboxylic acids is 2. The number of hydrogen-bond donors (Lipinski definition) is 2. The summed E-state index contributed by atoms with van der Waals surface area (Å²) in [6.45, 7) is 5.78. The number of methoxy groups -OCH3 is 1. The van der Waals surface area contributed by atoms with Crippen LogP contribution in [0.1, 0.15) is 58.7 Å². The monoisotopic (exact) mass is 416 g/mol. The molecule has 0 aliphatic heterocycles. The van der Waals surface area contributed by atoms with Crippen LogP contribution >= 0.6 is 0 Å². The SMILES string of the molecule is COc1ccc(C(NC(=O)c2ccc(C(=O)NC(C)(C)C)cc2)c2ccccc2)cc1. The van der Waals surface area contributed by atoms with E-state index in [0.717, 1.165) is 16.9 Å². The van der Waals surface area contributed by atoms with E-state index in [1.165, 1.54) is 0 Å². The first-order chi connectivity index (χ1) is 14.8. The molecular formula is C26H28N2O3. The van der Waals surface area contributed by atoms with Gasteiger partial charge in [0.1, 0.15) is 5.75 Å². The fourth-order valence-corrected chi connectivity index (χ4v) is 3.20. The molecule has 0 fully saturated rings. The van der Waals surface area contributed by atoms with Gasteiger partial charge in [-0.3, -0.25) is 9.59 Å². The summed E-state index contributed by atoms with van der Waals surface area (Å²) < 4.78 is 5.25. The lowest BCUT2D eigenvalue weighted by Crippen LogP contribution is -2.40. The number of rotatable bonds is 6. The first-order valence-electron chi connectivity index (χ1n) is 10.2. The van der Waals surface area contributed by atoms with Crippen LogP contribution in [-0.4, -0.2) is 24.5 Å². The van der Waals surface area contributed by atoms with Crippen molar-refractivity contribution in [2.24, 2.45) is 0 Å². The zero-order valence-corrected chi connectivity index (χ0v) is 18.3. The van der Waals surface area contributed by atoms with Crippen molar-refractivity contribution in [2.45, 2.75) is 32.4 Å². The Morgan fingerprint density at radius 2 is 1.26 bits per heavy atom. The van der Waals surface area contributed by atoms with Gasteiger partial charge in [-0.05, 0) is 68.3 Å². The van der Waals surface area contributed by atoms with Crippen molar-refractivity contribution in [3.8, 4) is 5.75 Å². The molecule has 1 atom stereocenters. The van der Waals surface area contributed by atoms with E-state index in [0.29, 0.717) is 11.1 Å². The van der Waals surface area contributed by atoms with Crippen LogP contribution in [0.15, 0.2) is 78.9 Å². The molecule has 5 heteroatoms. The molecular weight excluding hydrogens is 388 g/mol. The van der Waals surface area contributed by atoms with Gasteiger partial charge < -0.3 is 15.4 Å². The fraction of sp³-hybridized carbons (Fsp3) is 0.231. The lowest BCUT2D eigenvalue weighted by Gasteiger charge is -2.21. The van der Waals surface area contributed by atoms with E-state index in [1.807, 2.05) is 75.4 Å². The molecule has 0 aromatic heterocycles. The Hall–Kier alpha value is -3.60. The van der Waals surface area contributed by atoms with Crippen molar-refractivity contribution in [1.82, 2.24) is 10.6 Å². The number of carbonyl (C=O) groups is 2. The van der Waals surface area contributed by atoms with E-state index < -0.39 is 0 Å². The highest BCUT2D eigenvalue weighted by atomic mass is 16.5. The van der Waals surface area contributed by atoms with Gasteiger partial charge in [0.05, 0.1) is 13.2 Å². The van der Waals surface area contributed by atoms with Crippen molar-refractivity contribution in [2.75, 3.05) is 7.11 Å². The van der Waals surface area contributed by atoms with E-state index >= 15 is 0 Å². The number of amides is 2. The van der Waals surface area contributed by atoms with Crippen LogP contribution < -0.4 is 15.4 Å². The van der Waals surface area contributed by atoms with Crippen molar-refractivity contribution < 1.29 is 14.3 Å². The van der Waals surface area contributed by atoms with Crippen LogP contribution in [0.2, 0.25) is 0 Å². The van der Waals surface area contributed by atoms with Crippen molar-refractivity contribution in [3.63, 3.8) is 0 Å². The van der Waals surface area contributed by atoms with Crippen LogP contribution in [0.5, 0.6) is 5.75 Å². The summed E-state index contributed by atoms with van der Waals surface area (Å²) in [5.74, 6) is 0.373. The summed E-state index contributed by atoms with van der Waals surface area (Å²) >= 11 is 0. The smallest absolute Gasteiger partial charge is 0.252 e. The Morgan fingerprint density at radius 1 is 0.742 bits per heavy atom. The molecule has 2 amide bonds. The Labute approximate surface area is 183 Å².